The normalized spacial score (nSPS) is 11.2. The van der Waals surface area contributed by atoms with Gasteiger partial charge in [-0.15, -0.1) is 0 Å². The Bertz CT molecular complexity index is 476. The molecule has 17 heavy (non-hydrogen) atoms. The zero-order valence-corrected chi connectivity index (χ0v) is 10.9. The molecule has 1 N–H and O–H groups in total. The topological polar surface area (TPSA) is 47.1 Å². The van der Waals surface area contributed by atoms with Gasteiger partial charge in [0.25, 0.3) is 0 Å². The van der Waals surface area contributed by atoms with Crippen molar-refractivity contribution in [2.24, 2.45) is 0 Å². The molecule has 0 saturated carbocycles. The fourth-order valence-electron chi connectivity index (χ4n) is 1.44. The summed E-state index contributed by atoms with van der Waals surface area (Å²) >= 11 is 3.12. The molecule has 0 saturated heterocycles. The second-order valence-electron chi connectivity index (χ2n) is 3.51. The zero-order chi connectivity index (χ0) is 12.3. The number of methoxy groups -OCH3 is 1. The van der Waals surface area contributed by atoms with E-state index >= 15 is 0 Å². The molecule has 0 unspecified atom stereocenters. The number of nitrogens with one attached hydrogen (secondary N) is 1. The highest BCUT2D eigenvalue weighted by Crippen LogP contribution is 2.21. The smallest absolute Gasteiger partial charge is 0.139 e. The first kappa shape index (κ1) is 12.5. The molecule has 1 aromatic carbocycles. The summed E-state index contributed by atoms with van der Waals surface area (Å²) in [5.74, 6) is 0.363. The molecule has 2 rings (SSSR count). The van der Waals surface area contributed by atoms with Gasteiger partial charge in [0, 0.05) is 13.2 Å². The van der Waals surface area contributed by atoms with Crippen LogP contribution in [0.15, 0.2) is 16.6 Å². The van der Waals surface area contributed by atoms with Crippen LogP contribution in [0.4, 0.5) is 4.39 Å². The molecule has 2 aromatic rings. The van der Waals surface area contributed by atoms with E-state index in [4.69, 9.17) is 9.47 Å². The lowest BCUT2D eigenvalue weighted by atomic mass is 10.3. The van der Waals surface area contributed by atoms with Crippen molar-refractivity contribution in [3.63, 3.8) is 0 Å². The van der Waals surface area contributed by atoms with Gasteiger partial charge in [0.1, 0.15) is 18.2 Å². The number of H-pyrrole nitrogens is 1. The van der Waals surface area contributed by atoms with Crippen LogP contribution in [-0.4, -0.2) is 30.3 Å². The number of ether oxygens (including phenoxy) is 2. The summed E-state index contributed by atoms with van der Waals surface area (Å²) in [6.07, 6.45) is 0. The number of aromatic amines is 1. The Balaban J connectivity index is 2.09. The lowest BCUT2D eigenvalue weighted by molar-refractivity contribution is 0.0590. The maximum atomic E-state index is 13.3. The summed E-state index contributed by atoms with van der Waals surface area (Å²) in [6, 6.07) is 3.05. The van der Waals surface area contributed by atoms with Crippen LogP contribution in [0.1, 0.15) is 5.82 Å². The number of hydrogen-bond acceptors (Lipinski definition) is 3. The van der Waals surface area contributed by atoms with Gasteiger partial charge in [-0.2, -0.15) is 0 Å². The average Bonchev–Trinajstić information content (AvgIpc) is 2.67. The summed E-state index contributed by atoms with van der Waals surface area (Å²) in [5.41, 5.74) is 1.37. The minimum absolute atomic E-state index is 0.312. The predicted molar refractivity (Wildman–Crippen MR) is 65.3 cm³/mol. The monoisotopic (exact) mass is 302 g/mol. The van der Waals surface area contributed by atoms with Crippen LogP contribution >= 0.6 is 15.9 Å². The number of nitrogens with zero attached hydrogens (tertiary/aromatic N) is 1. The van der Waals surface area contributed by atoms with Gasteiger partial charge in [0.05, 0.1) is 28.7 Å². The molecular formula is C11H12BrFN2O2. The van der Waals surface area contributed by atoms with Gasteiger partial charge >= 0.3 is 0 Å². The molecule has 0 aliphatic heterocycles. The second-order valence-corrected chi connectivity index (χ2v) is 4.37. The fourth-order valence-corrected chi connectivity index (χ4v) is 1.77. The van der Waals surface area contributed by atoms with Crippen molar-refractivity contribution in [2.75, 3.05) is 20.3 Å². The number of benzene rings is 1. The van der Waals surface area contributed by atoms with Crippen molar-refractivity contribution in [3.05, 3.63) is 28.2 Å². The summed E-state index contributed by atoms with van der Waals surface area (Å²) in [4.78, 5) is 7.30. The number of hydrogen-bond donors (Lipinski definition) is 1. The summed E-state index contributed by atoms with van der Waals surface area (Å²) < 4.78 is 23.9. The fraction of sp³-hybridized carbons (Fsp3) is 0.364. The molecule has 1 heterocycles. The predicted octanol–water partition coefficient (Wildman–Crippen LogP) is 2.63. The van der Waals surface area contributed by atoms with E-state index in [0.29, 0.717) is 41.2 Å². The average molecular weight is 303 g/mol. The highest BCUT2D eigenvalue weighted by atomic mass is 79.9. The van der Waals surface area contributed by atoms with Crippen molar-refractivity contribution in [1.82, 2.24) is 9.97 Å². The van der Waals surface area contributed by atoms with Gasteiger partial charge in [-0.25, -0.2) is 9.37 Å². The molecule has 1 aromatic heterocycles. The van der Waals surface area contributed by atoms with Gasteiger partial charge in [-0.05, 0) is 22.0 Å². The SMILES string of the molecule is COCCOCc1nc2cc(Br)c(F)cc2[nH]1. The Morgan fingerprint density at radius 1 is 1.41 bits per heavy atom. The van der Waals surface area contributed by atoms with E-state index in [1.807, 2.05) is 0 Å². The van der Waals surface area contributed by atoms with Gasteiger partial charge in [0.2, 0.25) is 0 Å². The minimum atomic E-state index is -0.312. The molecular weight excluding hydrogens is 291 g/mol. The molecule has 6 heteroatoms. The number of rotatable bonds is 5. The van der Waals surface area contributed by atoms with E-state index < -0.39 is 0 Å². The zero-order valence-electron chi connectivity index (χ0n) is 9.30. The van der Waals surface area contributed by atoms with Crippen molar-refractivity contribution in [1.29, 1.82) is 0 Å². The Kier molecular flexibility index (Phi) is 4.09. The van der Waals surface area contributed by atoms with E-state index in [-0.39, 0.29) is 5.82 Å². The molecule has 0 atom stereocenters. The first-order chi connectivity index (χ1) is 8.20. The summed E-state index contributed by atoms with van der Waals surface area (Å²) in [5, 5.41) is 0. The Morgan fingerprint density at radius 3 is 3.00 bits per heavy atom. The number of aromatic nitrogens is 2. The largest absolute Gasteiger partial charge is 0.382 e. The molecule has 0 amide bonds. The lowest BCUT2D eigenvalue weighted by Crippen LogP contribution is -2.02. The highest BCUT2D eigenvalue weighted by Gasteiger charge is 2.07. The van der Waals surface area contributed by atoms with Crippen LogP contribution in [-0.2, 0) is 16.1 Å². The van der Waals surface area contributed by atoms with Gasteiger partial charge in [-0.3, -0.25) is 0 Å². The Hall–Kier alpha value is -0.980. The van der Waals surface area contributed by atoms with Crippen LogP contribution in [0.2, 0.25) is 0 Å². The summed E-state index contributed by atoms with van der Waals surface area (Å²) in [7, 11) is 1.62. The summed E-state index contributed by atoms with van der Waals surface area (Å²) in [6.45, 7) is 1.41. The van der Waals surface area contributed by atoms with Crippen molar-refractivity contribution < 1.29 is 13.9 Å². The van der Waals surface area contributed by atoms with Crippen LogP contribution in [0.5, 0.6) is 0 Å². The number of halogens is 2. The van der Waals surface area contributed by atoms with Crippen molar-refractivity contribution in [3.8, 4) is 0 Å². The maximum absolute atomic E-state index is 13.3. The second kappa shape index (κ2) is 5.57. The minimum Gasteiger partial charge on any atom is -0.382 e. The molecule has 0 fully saturated rings. The number of fused-ring (bicyclic) bond motifs is 1. The third kappa shape index (κ3) is 3.02. The van der Waals surface area contributed by atoms with Crippen molar-refractivity contribution >= 4 is 27.0 Å². The first-order valence-corrected chi connectivity index (χ1v) is 5.90. The van der Waals surface area contributed by atoms with E-state index in [9.17, 15) is 4.39 Å². The Morgan fingerprint density at radius 2 is 2.24 bits per heavy atom. The molecule has 0 aliphatic rings. The molecule has 0 spiro atoms. The third-order valence-electron chi connectivity index (χ3n) is 2.24. The third-order valence-corrected chi connectivity index (χ3v) is 2.85. The van der Waals surface area contributed by atoms with E-state index in [1.165, 1.54) is 6.07 Å². The van der Waals surface area contributed by atoms with Gasteiger partial charge in [0.15, 0.2) is 0 Å². The van der Waals surface area contributed by atoms with Gasteiger partial charge in [-0.1, -0.05) is 0 Å². The number of imidazole rings is 1. The lowest BCUT2D eigenvalue weighted by Gasteiger charge is -1.99. The standard InChI is InChI=1S/C11H12BrFN2O2/c1-16-2-3-17-6-11-14-9-4-7(12)8(13)5-10(9)15-11/h4-5H,2-3,6H2,1H3,(H,14,15). The maximum Gasteiger partial charge on any atom is 0.139 e. The Labute approximate surface area is 106 Å². The van der Waals surface area contributed by atoms with Crippen LogP contribution in [0, 0.1) is 5.82 Å². The molecule has 0 radical (unpaired) electrons. The van der Waals surface area contributed by atoms with Crippen LogP contribution in [0.3, 0.4) is 0 Å². The molecule has 4 nitrogen and oxygen atoms in total. The highest BCUT2D eigenvalue weighted by molar-refractivity contribution is 9.10. The first-order valence-electron chi connectivity index (χ1n) is 5.11. The van der Waals surface area contributed by atoms with E-state index in [2.05, 4.69) is 25.9 Å². The van der Waals surface area contributed by atoms with E-state index in [0.717, 1.165) is 0 Å². The van der Waals surface area contributed by atoms with Crippen molar-refractivity contribution in [2.45, 2.75) is 6.61 Å². The molecule has 92 valence electrons. The quantitative estimate of drug-likeness (QED) is 0.864. The van der Waals surface area contributed by atoms with Crippen LogP contribution < -0.4 is 0 Å². The molecule has 0 aliphatic carbocycles. The van der Waals surface area contributed by atoms with Gasteiger partial charge < -0.3 is 14.5 Å². The molecule has 0 bridgehead atoms. The van der Waals surface area contributed by atoms with Crippen LogP contribution in [0.25, 0.3) is 11.0 Å². The van der Waals surface area contributed by atoms with E-state index in [1.54, 1.807) is 13.2 Å².